The number of aliphatic hydroxyl groups is 1. The molecule has 2 N–H and O–H groups in total. The van der Waals surface area contributed by atoms with Gasteiger partial charge < -0.3 is 15.3 Å². The number of unbranched alkanes of at least 4 members (excludes halogenated alkanes) is 1. The summed E-state index contributed by atoms with van der Waals surface area (Å²) in [4.78, 5) is 31.7. The first kappa shape index (κ1) is 24.4. The number of benzene rings is 1. The number of thiazole rings is 1. The summed E-state index contributed by atoms with van der Waals surface area (Å²) in [7, 11) is 0. The zero-order valence-electron chi connectivity index (χ0n) is 19.6. The molecule has 3 rings (SSSR count). The fraction of sp³-hybridized carbons (Fsp3) is 0.560. The number of aliphatic hydroxyl groups excluding tert-OH is 1. The third-order valence-corrected chi connectivity index (χ3v) is 7.02. The maximum absolute atomic E-state index is 12.8. The molecule has 1 aliphatic rings. The molecule has 1 aromatic carbocycles. The fourth-order valence-corrected chi connectivity index (χ4v) is 5.06. The Morgan fingerprint density at radius 2 is 1.94 bits per heavy atom. The smallest absolute Gasteiger partial charge is 0.275 e. The molecular weight excluding hydrogens is 422 g/mol. The molecule has 0 spiro atoms. The van der Waals surface area contributed by atoms with E-state index in [2.05, 4.69) is 38.0 Å². The molecule has 1 saturated heterocycles. The topological polar surface area (TPSA) is 82.5 Å². The molecular formula is C25H35N3O3S. The molecule has 2 amide bonds. The van der Waals surface area contributed by atoms with E-state index in [9.17, 15) is 14.7 Å². The van der Waals surface area contributed by atoms with Crippen molar-refractivity contribution in [2.24, 2.45) is 0 Å². The summed E-state index contributed by atoms with van der Waals surface area (Å²) in [5.74, 6) is -0.121. The zero-order chi connectivity index (χ0) is 23.3. The van der Waals surface area contributed by atoms with Gasteiger partial charge in [-0.1, -0.05) is 58.7 Å². The summed E-state index contributed by atoms with van der Waals surface area (Å²) in [6.07, 6.45) is 3.05. The standard InChI is InChI=1S/C25H35N3O3S/c1-5-6-11-21(29)24(31)28-14-12-17(13-15-28)23-27-20(16-32-23)22(30)26-19-10-8-7-9-18(19)25(2,3)4/h7-10,16-17,21,29H,5-6,11-15H2,1-4H3,(H,26,30). The third kappa shape index (κ3) is 5.95. The fourth-order valence-electron chi connectivity index (χ4n) is 4.09. The van der Waals surface area contributed by atoms with Crippen LogP contribution >= 0.6 is 11.3 Å². The second-order valence-corrected chi connectivity index (χ2v) is 10.5. The lowest BCUT2D eigenvalue weighted by atomic mass is 9.86. The first-order valence-electron chi connectivity index (χ1n) is 11.5. The lowest BCUT2D eigenvalue weighted by molar-refractivity contribution is -0.141. The molecule has 0 radical (unpaired) electrons. The molecule has 0 bridgehead atoms. The van der Waals surface area contributed by atoms with Crippen LogP contribution in [0.25, 0.3) is 0 Å². The van der Waals surface area contributed by atoms with Crippen molar-refractivity contribution in [2.45, 2.75) is 77.2 Å². The molecule has 2 aromatic rings. The summed E-state index contributed by atoms with van der Waals surface area (Å²) < 4.78 is 0. The highest BCUT2D eigenvalue weighted by Gasteiger charge is 2.29. The highest BCUT2D eigenvalue weighted by atomic mass is 32.1. The minimum Gasteiger partial charge on any atom is -0.383 e. The number of anilines is 1. The van der Waals surface area contributed by atoms with Crippen LogP contribution in [0.4, 0.5) is 5.69 Å². The van der Waals surface area contributed by atoms with Gasteiger partial charge in [0.15, 0.2) is 0 Å². The van der Waals surface area contributed by atoms with Crippen molar-refractivity contribution < 1.29 is 14.7 Å². The van der Waals surface area contributed by atoms with Crippen molar-refractivity contribution in [1.29, 1.82) is 0 Å². The van der Waals surface area contributed by atoms with Gasteiger partial charge in [-0.25, -0.2) is 4.98 Å². The Balaban J connectivity index is 1.59. The minimum atomic E-state index is -0.891. The second kappa shape index (κ2) is 10.6. The van der Waals surface area contributed by atoms with Crippen molar-refractivity contribution >= 4 is 28.8 Å². The SMILES string of the molecule is CCCCC(O)C(=O)N1CCC(c2nc(C(=O)Nc3ccccc3C(C)(C)C)cs2)CC1. The molecule has 1 fully saturated rings. The number of para-hydroxylation sites is 1. The first-order valence-corrected chi connectivity index (χ1v) is 12.4. The Morgan fingerprint density at radius 3 is 2.59 bits per heavy atom. The molecule has 1 aliphatic heterocycles. The number of likely N-dealkylation sites (tertiary alicyclic amines) is 1. The van der Waals surface area contributed by atoms with Gasteiger partial charge in [-0.05, 0) is 36.3 Å². The third-order valence-electron chi connectivity index (χ3n) is 6.01. The summed E-state index contributed by atoms with van der Waals surface area (Å²) in [5, 5.41) is 15.9. The number of amides is 2. The minimum absolute atomic E-state index is 0.0768. The highest BCUT2D eigenvalue weighted by molar-refractivity contribution is 7.10. The van der Waals surface area contributed by atoms with Crippen LogP contribution in [-0.4, -0.2) is 46.0 Å². The van der Waals surface area contributed by atoms with Crippen LogP contribution in [0.1, 0.15) is 86.8 Å². The lowest BCUT2D eigenvalue weighted by Crippen LogP contribution is -2.43. The normalized spacial score (nSPS) is 16.1. The average molecular weight is 458 g/mol. The molecule has 1 aromatic heterocycles. The van der Waals surface area contributed by atoms with Crippen LogP contribution in [0.3, 0.4) is 0 Å². The lowest BCUT2D eigenvalue weighted by Gasteiger charge is -2.32. The van der Waals surface area contributed by atoms with E-state index in [4.69, 9.17) is 0 Å². The van der Waals surface area contributed by atoms with Crippen molar-refractivity contribution in [2.75, 3.05) is 18.4 Å². The summed E-state index contributed by atoms with van der Waals surface area (Å²) in [5.41, 5.74) is 2.25. The van der Waals surface area contributed by atoms with E-state index in [1.165, 1.54) is 11.3 Å². The average Bonchev–Trinajstić information content (AvgIpc) is 3.27. The van der Waals surface area contributed by atoms with E-state index < -0.39 is 6.10 Å². The molecule has 174 valence electrons. The van der Waals surface area contributed by atoms with Crippen LogP contribution in [0, 0.1) is 0 Å². The molecule has 7 heteroatoms. The Labute approximate surface area is 195 Å². The number of piperidine rings is 1. The van der Waals surface area contributed by atoms with Crippen LogP contribution in [0.15, 0.2) is 29.6 Å². The number of rotatable bonds is 7. The van der Waals surface area contributed by atoms with Gasteiger partial charge in [-0.2, -0.15) is 0 Å². The molecule has 1 unspecified atom stereocenters. The predicted molar refractivity (Wildman–Crippen MR) is 129 cm³/mol. The number of carbonyl (C=O) groups excluding carboxylic acids is 2. The predicted octanol–water partition coefficient (Wildman–Crippen LogP) is 4.95. The second-order valence-electron chi connectivity index (χ2n) is 9.58. The van der Waals surface area contributed by atoms with E-state index in [0.717, 1.165) is 41.9 Å². The van der Waals surface area contributed by atoms with Gasteiger partial charge in [-0.15, -0.1) is 11.3 Å². The van der Waals surface area contributed by atoms with Gasteiger partial charge in [0, 0.05) is 30.1 Å². The van der Waals surface area contributed by atoms with Crippen LogP contribution in [0.5, 0.6) is 0 Å². The molecule has 32 heavy (non-hydrogen) atoms. The molecule has 0 aliphatic carbocycles. The van der Waals surface area contributed by atoms with Crippen molar-refractivity contribution in [3.63, 3.8) is 0 Å². The summed E-state index contributed by atoms with van der Waals surface area (Å²) in [6.45, 7) is 9.66. The van der Waals surface area contributed by atoms with E-state index in [1.54, 1.807) is 4.90 Å². The van der Waals surface area contributed by atoms with Gasteiger partial charge in [0.1, 0.15) is 11.8 Å². The summed E-state index contributed by atoms with van der Waals surface area (Å²) >= 11 is 1.51. The molecule has 6 nitrogen and oxygen atoms in total. The van der Waals surface area contributed by atoms with Gasteiger partial charge in [0.05, 0.1) is 5.01 Å². The maximum atomic E-state index is 12.8. The number of aromatic nitrogens is 1. The van der Waals surface area contributed by atoms with Gasteiger partial charge in [0.2, 0.25) is 0 Å². The van der Waals surface area contributed by atoms with Crippen LogP contribution in [-0.2, 0) is 10.2 Å². The number of hydrogen-bond acceptors (Lipinski definition) is 5. The number of nitrogens with one attached hydrogen (secondary N) is 1. The zero-order valence-corrected chi connectivity index (χ0v) is 20.4. The number of nitrogens with zero attached hydrogens (tertiary/aromatic N) is 2. The summed E-state index contributed by atoms with van der Waals surface area (Å²) in [6, 6.07) is 7.87. The maximum Gasteiger partial charge on any atom is 0.275 e. The Morgan fingerprint density at radius 1 is 1.25 bits per heavy atom. The Bertz CT molecular complexity index is 927. The molecule has 1 atom stereocenters. The van der Waals surface area contributed by atoms with Crippen LogP contribution < -0.4 is 5.32 Å². The Kier molecular flexibility index (Phi) is 8.06. The van der Waals surface area contributed by atoms with Crippen molar-refractivity contribution in [1.82, 2.24) is 9.88 Å². The van der Waals surface area contributed by atoms with Gasteiger partial charge >= 0.3 is 0 Å². The molecule has 0 saturated carbocycles. The van der Waals surface area contributed by atoms with Crippen molar-refractivity contribution in [3.8, 4) is 0 Å². The van der Waals surface area contributed by atoms with Gasteiger partial charge in [0.25, 0.3) is 11.8 Å². The number of hydrogen-bond donors (Lipinski definition) is 2. The highest BCUT2D eigenvalue weighted by Crippen LogP contribution is 2.32. The van der Waals surface area contributed by atoms with E-state index >= 15 is 0 Å². The van der Waals surface area contributed by atoms with E-state index in [1.807, 2.05) is 29.6 Å². The Hall–Kier alpha value is -2.25. The van der Waals surface area contributed by atoms with Crippen LogP contribution in [0.2, 0.25) is 0 Å². The van der Waals surface area contributed by atoms with Crippen molar-refractivity contribution in [3.05, 3.63) is 45.9 Å². The first-order chi connectivity index (χ1) is 15.2. The van der Waals surface area contributed by atoms with E-state index in [-0.39, 0.29) is 23.1 Å². The quantitative estimate of drug-likeness (QED) is 0.616. The molecule has 2 heterocycles. The van der Waals surface area contributed by atoms with Gasteiger partial charge in [-0.3, -0.25) is 9.59 Å². The largest absolute Gasteiger partial charge is 0.383 e. The number of carbonyl (C=O) groups is 2. The van der Waals surface area contributed by atoms with E-state index in [0.29, 0.717) is 25.2 Å². The monoisotopic (exact) mass is 457 g/mol.